The van der Waals surface area contributed by atoms with Crippen LogP contribution in [0.1, 0.15) is 301 Å². The Morgan fingerprint density at radius 3 is 1.23 bits per heavy atom. The van der Waals surface area contributed by atoms with Crippen molar-refractivity contribution in [2.75, 3.05) is 150 Å². The fourth-order valence-corrected chi connectivity index (χ4v) is 19.8. The van der Waals surface area contributed by atoms with Gasteiger partial charge in [-0.25, -0.2) is 66.4 Å². The number of likely N-dealkylation sites (tertiary alicyclic amines) is 2. The highest BCUT2D eigenvalue weighted by atomic mass is 35.5. The van der Waals surface area contributed by atoms with Crippen molar-refractivity contribution in [2.24, 2.45) is 17.8 Å². The smallest absolute Gasteiger partial charge is 0.498 e. The summed E-state index contributed by atoms with van der Waals surface area (Å²) in [4.78, 5) is 87.2. The molecule has 3 aromatic carbocycles. The average Bonchev–Trinajstić information content (AvgIpc) is 1.60. The molecule has 3 unspecified atom stereocenters. The Balaban J connectivity index is -0.0000000783. The van der Waals surface area contributed by atoms with E-state index in [4.69, 9.17) is 204 Å². The maximum atomic E-state index is 14.2. The third-order valence-electron chi connectivity index (χ3n) is 27.5. The number of nitrogens with one attached hydrogen (secondary N) is 4. The van der Waals surface area contributed by atoms with Crippen molar-refractivity contribution < 1.29 is 191 Å². The van der Waals surface area contributed by atoms with Gasteiger partial charge in [0.2, 0.25) is 42.0 Å². The van der Waals surface area contributed by atoms with Crippen molar-refractivity contribution in [3.05, 3.63) is 130 Å². The SMILES string of the molecule is C.CNc1nc2cc(F)ccc2n1-c1nc(-c2c(C)nn(CC3CCCN(C(=O)OC(C)(C)C)C3)c2C)cc(N2CCOC[C@H]2C)n1.CNc1nc2cc(F)ccc2n1-c1nc(-c2c(C)nn(CC3CCCNC3)c2C)cc(N2CCOC[C@H]2C)n1.CNc1nc2cc(F)ccc2n1-c1nc(Cl)cc(N2CCOC[C@H]2C)n1.Cc1nn(CC2CCCN(C(=O)OC(C)(C)C)C2)c(C)c1B1OC(C)(C)C(C)(C)O1.O=CC(F)(F)F.[2H-].[2HH].[2H]CC.[2H][2H].[2H][2H].[2H][2H].[2H][2H].[2H][2H].[2H][2H].[2H][2H].[2H][2H].[2H][2H].[2H][2H].[2H][2H].[2H][2H].[2H][2H].[2H][2H].[2H][2H].[2H][2H].[2H][2H].[2H][2H].[2H][2H].[2H][2H].[2H][2H].[2H][2H].[2H][2H].[2H][2H].[2H][2H].[2H][2H].[2H][2H].[2H][2H].[2H][2H].[2H][2H].[2H][2H].[2H][2H].[2H][2H].[2H][2H].[2H][2H].[2H][2H].[2H][2H].[2H][2H]. The third-order valence-corrected chi connectivity index (χ3v) is 27.7. The minimum Gasteiger partial charge on any atom is -1.00 e. The first-order chi connectivity index (χ1) is 109. The second-order valence-electron chi connectivity index (χ2n) is 41.5. The number of rotatable bonds is 18. The minimum atomic E-state index is -4.64. The van der Waals surface area contributed by atoms with E-state index in [1.54, 1.807) is 56.9 Å². The van der Waals surface area contributed by atoms with E-state index in [9.17, 15) is 35.9 Å². The second kappa shape index (κ2) is 48.5. The zero-order valence-corrected chi connectivity index (χ0v) is 90.5. The molecular formula is C105H226BClF6N27O10-. The molecule has 37 nitrogen and oxygen atoms in total. The van der Waals surface area contributed by atoms with Gasteiger partial charge in [0.1, 0.15) is 51.3 Å². The first-order valence-corrected chi connectivity index (χ1v) is 51.4. The van der Waals surface area contributed by atoms with Crippen LogP contribution in [0.3, 0.4) is 0 Å². The Labute approximate surface area is 1000 Å². The molecule has 150 heavy (non-hydrogen) atoms. The monoisotopic (exact) mass is 2270 g/mol. The van der Waals surface area contributed by atoms with Gasteiger partial charge in [-0.2, -0.15) is 43.4 Å². The van der Waals surface area contributed by atoms with Crippen molar-refractivity contribution in [3.8, 4) is 40.4 Å². The molecule has 894 valence electrons. The van der Waals surface area contributed by atoms with E-state index < -0.39 is 30.8 Å². The summed E-state index contributed by atoms with van der Waals surface area (Å²) >= 11 is 6.28. The molecule has 7 fully saturated rings. The topological polar surface area (TPSA) is 364 Å². The molecule has 0 radical (unpaired) electrons. The highest BCUT2D eigenvalue weighted by Gasteiger charge is 2.53. The number of anilines is 6. The van der Waals surface area contributed by atoms with Crippen LogP contribution < -0.4 is 41.4 Å². The number of aryl methyl sites for hydroxylation is 3. The largest absolute Gasteiger partial charge is 1.00 e. The number of aromatic nitrogens is 18. The van der Waals surface area contributed by atoms with E-state index in [1.165, 1.54) is 49.2 Å². The number of halogens is 7. The minimum absolute atomic E-state index is 0. The summed E-state index contributed by atoms with van der Waals surface area (Å²) in [6.45, 7) is 53.7. The third kappa shape index (κ3) is 27.0. The Kier molecular flexibility index (Phi) is 23.4. The average molecular weight is 2270 g/mol. The van der Waals surface area contributed by atoms with Crippen LogP contribution in [0.2, 0.25) is 5.15 Å². The number of alkyl halides is 3. The van der Waals surface area contributed by atoms with E-state index in [-0.39, 0.29) is 75.2 Å². The zero-order chi connectivity index (χ0) is 185. The van der Waals surface area contributed by atoms with Crippen LogP contribution in [0.4, 0.5) is 71.2 Å². The quantitative estimate of drug-likeness (QED) is 0.0268. The van der Waals surface area contributed by atoms with Crippen LogP contribution in [0, 0.1) is 76.7 Å². The van der Waals surface area contributed by atoms with Crippen molar-refractivity contribution in [1.29, 1.82) is 0 Å². The number of hydrogen-bond donors (Lipinski definition) is 4. The number of fused-ring (bicyclic) bond motifs is 3. The first kappa shape index (κ1) is 72.2. The summed E-state index contributed by atoms with van der Waals surface area (Å²) in [6.07, 6.45) is 0.193. The zero-order valence-electron chi connectivity index (χ0n) is 168. The number of benzene rings is 3. The predicted molar refractivity (Wildman–Crippen MR) is 656 cm³/mol. The number of imidazole rings is 3. The molecule has 2 amide bonds. The lowest BCUT2D eigenvalue weighted by Crippen LogP contribution is -2.44. The van der Waals surface area contributed by atoms with E-state index in [2.05, 4.69) is 141 Å². The van der Waals surface area contributed by atoms with Crippen molar-refractivity contribution in [3.63, 3.8) is 0 Å². The van der Waals surface area contributed by atoms with Crippen molar-refractivity contribution in [2.45, 2.75) is 258 Å². The van der Waals surface area contributed by atoms with Crippen LogP contribution in [0.5, 0.6) is 0 Å². The lowest BCUT2D eigenvalue weighted by Gasteiger charge is -2.34. The lowest BCUT2D eigenvalue weighted by molar-refractivity contribution is -0.156. The van der Waals surface area contributed by atoms with Crippen molar-refractivity contribution in [1.82, 2.24) is 103 Å². The molecule has 19 rings (SSSR count). The van der Waals surface area contributed by atoms with Gasteiger partial charge >= 0.3 is 25.5 Å². The predicted octanol–water partition coefficient (Wildman–Crippen LogP) is 27.5. The number of nitrogens with zero attached hydrogens (tertiary/aromatic N) is 23. The van der Waals surface area contributed by atoms with E-state index in [0.29, 0.717) is 160 Å². The van der Waals surface area contributed by atoms with Crippen LogP contribution in [-0.4, -0.2) is 290 Å². The number of aldehydes is 1. The maximum absolute atomic E-state index is 14.2. The van der Waals surface area contributed by atoms with E-state index >= 15 is 0 Å². The molecule has 16 heterocycles. The molecule has 0 bridgehead atoms. The number of piperidine rings is 3. The van der Waals surface area contributed by atoms with Gasteiger partial charge < -0.3 is 80.2 Å². The number of ether oxygens (including phenoxy) is 5. The van der Waals surface area contributed by atoms with Gasteiger partial charge in [0.15, 0.2) is 0 Å². The molecule has 0 saturated carbocycles. The second-order valence-corrected chi connectivity index (χ2v) is 41.9. The molecule has 7 saturated heterocycles. The molecule has 0 spiro atoms. The summed E-state index contributed by atoms with van der Waals surface area (Å²) in [5.41, 5.74) is 12.3. The van der Waals surface area contributed by atoms with Gasteiger partial charge in [0.05, 0.1) is 131 Å². The van der Waals surface area contributed by atoms with E-state index in [0.717, 1.165) is 157 Å². The molecule has 4 N–H and O–H groups in total. The van der Waals surface area contributed by atoms with Crippen LogP contribution in [0.25, 0.3) is 73.5 Å². The Morgan fingerprint density at radius 2 is 0.880 bits per heavy atom. The fraction of sp³-hybridized carbons (Fsp3) is 0.571. The standard InChI is InChI=1S/C33H44FN9O3.C28H36FN9O.C22H38BN3O4.C17H18ClFN6O.C2HF3O.C2H6.CH4.39H2.H/c1-20-19-45-14-13-41(20)28-16-26(37-31(38-28)43-27-11-10-24(34)15-25(27)36-30(43)35-7)29-21(2)39-42(22(29)3)18-23-9-8-12-40(17-23)32(44)46-33(4,5)6;1-17-16-39-11-10-36(17)25-13-23(26-18(2)35-37(19(26)3)15-20-6-5-9-31-14-20)33-28(34-25)38-24-8-7-21(29)12-22(24)32-27(38)30-4;1-15-18(23-29-21(6,7)22(8,9)30-23)16(2)26(24-15)14-17-11-10-12-25(13-17)19(27)28-20(3,4)5;1-10-9-26-6-5-24(10)15-8-14(18)22-17(23-15)25-13-4-3-11(19)7-12(13)21-16(25)20-2;3-2(4,5)1-6;1-2;;;;;;;;;;;;;;;;;;;;;;;;;;;;;;;;;;;;;;;;;/h10-11,15-16,20,23H,8-9,12-14,17-19H2,1-7H3,(H,35,36);7-8,12-13,17,20,31H,5-6,9-11,14-16H2,1-4H3,(H,30,32);17H,10-14H2,1-9H3;3-4,7-8,10H,5-6,9H2,1-2H3,(H,20,21);1H;1-2H3;1H4;39*1H;/q;;;;;;;;;;;;;;;;;;;;;;;;;;;;;;;;;;;;;;;;;;;;;;-1/t20-,23?;17-,20?;;10-;;;;;;;;;;;;;;;;;;;;;;;;;;;;;;;;;;;;;;;;;;;/m11.1.........................................../s1/i;;;;;1D;;38*1+1D;2*1+1. The van der Waals surface area contributed by atoms with Gasteiger partial charge in [-0.3, -0.25) is 18.8 Å². The van der Waals surface area contributed by atoms with Gasteiger partial charge in [0, 0.05) is 272 Å². The van der Waals surface area contributed by atoms with E-state index in [1.807, 2.05) is 92.0 Å². The lowest BCUT2D eigenvalue weighted by atomic mass is 9.77. The molecule has 7 aliphatic rings. The molecule has 12 aromatic rings. The van der Waals surface area contributed by atoms with Crippen LogP contribution >= 0.6 is 11.6 Å². The Morgan fingerprint density at radius 1 is 0.533 bits per heavy atom. The Bertz CT molecular complexity index is 6900. The maximum Gasteiger partial charge on any atom is 0.498 e. The van der Waals surface area contributed by atoms with Gasteiger partial charge in [0.25, 0.3) is 0 Å². The highest BCUT2D eigenvalue weighted by Crippen LogP contribution is 2.41. The normalized spacial score (nSPS) is 21.5. The number of amides is 2. The molecule has 0 aliphatic carbocycles. The summed E-state index contributed by atoms with van der Waals surface area (Å²) in [5, 5.41) is 27.8. The number of morpholine rings is 3. The number of hydrogen-bond acceptors (Lipinski definition) is 29. The number of carbonyl (C=O) groups is 3. The first-order valence-electron chi connectivity index (χ1n) is 89.7. The molecule has 6 atom stereocenters. The van der Waals surface area contributed by atoms with Crippen molar-refractivity contribution >= 4 is 111 Å². The number of carbonyl (C=O) groups excluding carboxylic acids is 3. The summed E-state index contributed by atoms with van der Waals surface area (Å²) in [5.74, 6) is 5.27. The Hall–Kier alpha value is -12.4. The van der Waals surface area contributed by atoms with Gasteiger partial charge in [-0.15, -0.1) is 0 Å². The molecule has 9 aromatic heterocycles. The summed E-state index contributed by atoms with van der Waals surface area (Å²) < 4.78 is 512. The highest BCUT2D eigenvalue weighted by molar-refractivity contribution is 6.63. The molecule has 45 heteroatoms. The molecule has 7 aliphatic heterocycles. The molecular weight excluding hydrogens is 1960 g/mol. The van der Waals surface area contributed by atoms with Gasteiger partial charge in [-0.1, -0.05) is 32.9 Å². The fourth-order valence-electron chi connectivity index (χ4n) is 19.6. The summed E-state index contributed by atoms with van der Waals surface area (Å²) in [7, 11) is 4.90. The van der Waals surface area contributed by atoms with Crippen LogP contribution in [-0.2, 0) is 57.4 Å². The summed E-state index contributed by atoms with van der Waals surface area (Å²) in [6, 6.07) is 19.8. The van der Waals surface area contributed by atoms with Crippen LogP contribution in [0.15, 0.2) is 72.8 Å². The van der Waals surface area contributed by atoms with Gasteiger partial charge in [-0.05, 0) is 237 Å².